The Hall–Kier alpha value is -0.490. The van der Waals surface area contributed by atoms with Gasteiger partial charge < -0.3 is 13.5 Å². The van der Waals surface area contributed by atoms with Crippen LogP contribution in [0.15, 0.2) is 12.1 Å². The molecule has 0 heterocycles. The van der Waals surface area contributed by atoms with Crippen molar-refractivity contribution in [2.45, 2.75) is 0 Å². The van der Waals surface area contributed by atoms with Crippen LogP contribution in [0.1, 0.15) is 0 Å². The van der Waals surface area contributed by atoms with Gasteiger partial charge in [0.1, 0.15) is 17.1 Å². The summed E-state index contributed by atoms with van der Waals surface area (Å²) in [6, 6.07) is 2.63. The Kier molecular flexibility index (Phi) is 4.00. The Labute approximate surface area is 93.2 Å². The molecule has 1 aromatic rings. The van der Waals surface area contributed by atoms with Gasteiger partial charge in [-0.1, -0.05) is 23.2 Å². The van der Waals surface area contributed by atoms with Gasteiger partial charge in [0, 0.05) is 12.1 Å². The lowest BCUT2D eigenvalue weighted by Crippen LogP contribution is -1.98. The molecule has 0 aliphatic rings. The van der Waals surface area contributed by atoms with E-state index in [2.05, 4.69) is 4.18 Å². The van der Waals surface area contributed by atoms with Crippen LogP contribution < -0.4 is 8.92 Å². The van der Waals surface area contributed by atoms with Gasteiger partial charge in [-0.15, -0.1) is 0 Å². The number of ether oxygens (including phenoxy) is 1. The highest BCUT2D eigenvalue weighted by molar-refractivity contribution is 7.74. The zero-order valence-electron chi connectivity index (χ0n) is 6.95. The van der Waals surface area contributed by atoms with Crippen LogP contribution in [0.3, 0.4) is 0 Å². The summed E-state index contributed by atoms with van der Waals surface area (Å²) in [5.74, 6) is 0.312. The van der Waals surface area contributed by atoms with Gasteiger partial charge in [0.15, 0.2) is 5.75 Å². The van der Waals surface area contributed by atoms with E-state index in [-0.39, 0.29) is 15.8 Å². The largest absolute Gasteiger partial charge is 0.740 e. The quantitative estimate of drug-likeness (QED) is 0.777. The van der Waals surface area contributed by atoms with Crippen LogP contribution in [0.4, 0.5) is 0 Å². The Morgan fingerprint density at radius 1 is 1.29 bits per heavy atom. The van der Waals surface area contributed by atoms with Crippen molar-refractivity contribution < 1.29 is 17.7 Å². The van der Waals surface area contributed by atoms with Gasteiger partial charge in [-0.3, -0.25) is 0 Å². The van der Waals surface area contributed by atoms with Crippen molar-refractivity contribution in [1.29, 1.82) is 0 Å². The van der Waals surface area contributed by atoms with E-state index in [1.807, 2.05) is 0 Å². The Morgan fingerprint density at radius 3 is 2.29 bits per heavy atom. The summed E-state index contributed by atoms with van der Waals surface area (Å²) >= 11 is 8.73. The molecule has 0 aromatic heterocycles. The molecule has 1 rings (SSSR count). The third-order valence-electron chi connectivity index (χ3n) is 1.36. The molecule has 1 atom stereocenters. The minimum absolute atomic E-state index is 0.0363. The van der Waals surface area contributed by atoms with Crippen molar-refractivity contribution in [2.24, 2.45) is 0 Å². The van der Waals surface area contributed by atoms with E-state index in [1.54, 1.807) is 0 Å². The molecule has 1 aromatic carbocycles. The van der Waals surface area contributed by atoms with Crippen molar-refractivity contribution in [3.05, 3.63) is 22.2 Å². The molecular weight excluding hydrogens is 251 g/mol. The normalized spacial score (nSPS) is 12.3. The minimum Gasteiger partial charge on any atom is -0.740 e. The molecular formula is C7H5Cl2O4S-. The first-order valence-corrected chi connectivity index (χ1v) is 5.11. The molecule has 0 bridgehead atoms. The van der Waals surface area contributed by atoms with Crippen molar-refractivity contribution in [1.82, 2.24) is 0 Å². The summed E-state index contributed by atoms with van der Waals surface area (Å²) in [6.45, 7) is 0. The second kappa shape index (κ2) is 4.84. The predicted octanol–water partition coefficient (Wildman–Crippen LogP) is 2.17. The van der Waals surface area contributed by atoms with Crippen LogP contribution in [-0.4, -0.2) is 15.9 Å². The van der Waals surface area contributed by atoms with Crippen molar-refractivity contribution in [2.75, 3.05) is 7.11 Å². The molecule has 4 nitrogen and oxygen atoms in total. The second-order valence-electron chi connectivity index (χ2n) is 2.20. The van der Waals surface area contributed by atoms with Gasteiger partial charge in [0.2, 0.25) is 0 Å². The summed E-state index contributed by atoms with van der Waals surface area (Å²) in [4.78, 5) is 0. The summed E-state index contributed by atoms with van der Waals surface area (Å²) in [5, 5.41) is 0.327. The van der Waals surface area contributed by atoms with Crippen molar-refractivity contribution >= 4 is 34.6 Å². The molecule has 0 N–H and O–H groups in total. The average molecular weight is 256 g/mol. The third kappa shape index (κ3) is 2.75. The topological polar surface area (TPSA) is 58.6 Å². The predicted molar refractivity (Wildman–Crippen MR) is 52.6 cm³/mol. The molecule has 7 heteroatoms. The molecule has 0 amide bonds. The van der Waals surface area contributed by atoms with Gasteiger partial charge in [0.05, 0.1) is 17.2 Å². The first-order valence-electron chi connectivity index (χ1n) is 3.35. The van der Waals surface area contributed by atoms with E-state index in [4.69, 9.17) is 27.9 Å². The lowest BCUT2D eigenvalue weighted by molar-refractivity contribution is 0.413. The molecule has 0 spiro atoms. The van der Waals surface area contributed by atoms with Gasteiger partial charge in [-0.05, 0) is 0 Å². The number of hydrogen-bond acceptors (Lipinski definition) is 4. The molecule has 0 fully saturated rings. The fourth-order valence-corrected chi connectivity index (χ4v) is 1.56. The van der Waals surface area contributed by atoms with Gasteiger partial charge in [0.25, 0.3) is 0 Å². The standard InChI is InChI=1S/C7H6Cl2O4S/c1-12-6-2-5(9)7(3-4(6)8)13-14(10)11/h2-3H,1H3,(H,10,11)/p-1. The van der Waals surface area contributed by atoms with Crippen LogP contribution >= 0.6 is 23.2 Å². The smallest absolute Gasteiger partial charge is 0.159 e. The lowest BCUT2D eigenvalue weighted by atomic mass is 10.3. The molecule has 0 saturated carbocycles. The molecule has 0 radical (unpaired) electrons. The van der Waals surface area contributed by atoms with Gasteiger partial charge in [-0.2, -0.15) is 0 Å². The monoisotopic (exact) mass is 255 g/mol. The fraction of sp³-hybridized carbons (Fsp3) is 0.143. The van der Waals surface area contributed by atoms with E-state index in [0.717, 1.165) is 0 Å². The van der Waals surface area contributed by atoms with Crippen LogP contribution in [0.5, 0.6) is 11.5 Å². The van der Waals surface area contributed by atoms with E-state index in [1.165, 1.54) is 19.2 Å². The first kappa shape index (κ1) is 11.6. The molecule has 0 aliphatic heterocycles. The highest BCUT2D eigenvalue weighted by Crippen LogP contribution is 2.35. The van der Waals surface area contributed by atoms with E-state index in [9.17, 15) is 8.76 Å². The number of methoxy groups -OCH3 is 1. The maximum atomic E-state index is 10.2. The maximum absolute atomic E-state index is 10.2. The fourth-order valence-electron chi connectivity index (χ4n) is 0.804. The number of halogens is 2. The Morgan fingerprint density at radius 2 is 1.79 bits per heavy atom. The van der Waals surface area contributed by atoms with E-state index < -0.39 is 11.4 Å². The summed E-state index contributed by atoms with van der Waals surface area (Å²) in [5.41, 5.74) is 0. The number of rotatable bonds is 3. The summed E-state index contributed by atoms with van der Waals surface area (Å²) in [7, 11) is 1.42. The Balaban J connectivity index is 3.08. The SMILES string of the molecule is COc1cc(Cl)c(OS(=O)[O-])cc1Cl. The van der Waals surface area contributed by atoms with Gasteiger partial charge >= 0.3 is 0 Å². The van der Waals surface area contributed by atoms with E-state index in [0.29, 0.717) is 5.75 Å². The summed E-state index contributed by atoms with van der Waals surface area (Å²) in [6.07, 6.45) is 0. The maximum Gasteiger partial charge on any atom is 0.159 e. The molecule has 14 heavy (non-hydrogen) atoms. The minimum atomic E-state index is -2.68. The molecule has 0 saturated heterocycles. The lowest BCUT2D eigenvalue weighted by Gasteiger charge is -2.10. The van der Waals surface area contributed by atoms with Crippen molar-refractivity contribution in [3.63, 3.8) is 0 Å². The van der Waals surface area contributed by atoms with Crippen LogP contribution in [0.2, 0.25) is 10.0 Å². The van der Waals surface area contributed by atoms with Crippen LogP contribution in [0.25, 0.3) is 0 Å². The first-order chi connectivity index (χ1) is 6.54. The molecule has 78 valence electrons. The third-order valence-corrected chi connectivity index (χ3v) is 2.27. The zero-order chi connectivity index (χ0) is 10.7. The summed E-state index contributed by atoms with van der Waals surface area (Å²) < 4.78 is 29.7. The van der Waals surface area contributed by atoms with E-state index >= 15 is 0 Å². The second-order valence-corrected chi connectivity index (χ2v) is 3.59. The highest BCUT2D eigenvalue weighted by Gasteiger charge is 2.08. The van der Waals surface area contributed by atoms with Crippen LogP contribution in [0, 0.1) is 0 Å². The van der Waals surface area contributed by atoms with Gasteiger partial charge in [-0.25, -0.2) is 4.21 Å². The average Bonchev–Trinajstić information content (AvgIpc) is 2.10. The number of hydrogen-bond donors (Lipinski definition) is 0. The Bertz CT molecular complexity index is 369. The highest BCUT2D eigenvalue weighted by atomic mass is 35.5. The van der Waals surface area contributed by atoms with Crippen molar-refractivity contribution in [3.8, 4) is 11.5 Å². The molecule has 1 unspecified atom stereocenters. The molecule has 0 aliphatic carbocycles. The van der Waals surface area contributed by atoms with Crippen LogP contribution in [-0.2, 0) is 11.4 Å². The zero-order valence-corrected chi connectivity index (χ0v) is 9.28. The number of benzene rings is 1.